The maximum Gasteiger partial charge on any atom is 0.0533 e. The Morgan fingerprint density at radius 2 is 2.00 bits per heavy atom. The molecule has 1 saturated carbocycles. The Kier molecular flexibility index (Phi) is 4.38. The zero-order valence-electron chi connectivity index (χ0n) is 7.94. The van der Waals surface area contributed by atoms with Crippen LogP contribution in [0.2, 0.25) is 0 Å². The van der Waals surface area contributed by atoms with Crippen LogP contribution >= 0.6 is 11.6 Å². The van der Waals surface area contributed by atoms with Crippen LogP contribution in [0.25, 0.3) is 0 Å². The first kappa shape index (κ1) is 10.3. The molecule has 0 radical (unpaired) electrons. The number of hydrogen-bond donors (Lipinski definition) is 0. The van der Waals surface area contributed by atoms with E-state index < -0.39 is 0 Å². The molecule has 1 fully saturated rings. The molecule has 0 saturated heterocycles. The van der Waals surface area contributed by atoms with Gasteiger partial charge in [0.1, 0.15) is 0 Å². The van der Waals surface area contributed by atoms with Crippen molar-refractivity contribution >= 4 is 11.6 Å². The predicted octanol–water partition coefficient (Wildman–Crippen LogP) is 3.21. The van der Waals surface area contributed by atoms with E-state index in [0.717, 1.165) is 25.5 Å². The van der Waals surface area contributed by atoms with Gasteiger partial charge in [-0.2, -0.15) is 0 Å². The van der Waals surface area contributed by atoms with Crippen LogP contribution in [0, 0.1) is 5.41 Å². The van der Waals surface area contributed by atoms with Gasteiger partial charge in [-0.05, 0) is 19.3 Å². The van der Waals surface area contributed by atoms with Crippen LogP contribution in [-0.4, -0.2) is 19.1 Å². The number of ether oxygens (including phenoxy) is 1. The molecular formula is C10H19ClO. The van der Waals surface area contributed by atoms with Crippen LogP contribution in [0.1, 0.15) is 39.0 Å². The Morgan fingerprint density at radius 3 is 2.50 bits per heavy atom. The fourth-order valence-electron chi connectivity index (χ4n) is 1.87. The molecule has 0 atom stereocenters. The minimum atomic E-state index is 0.330. The van der Waals surface area contributed by atoms with Gasteiger partial charge < -0.3 is 4.74 Å². The van der Waals surface area contributed by atoms with Gasteiger partial charge in [0.15, 0.2) is 0 Å². The van der Waals surface area contributed by atoms with Gasteiger partial charge in [-0.1, -0.05) is 19.8 Å². The van der Waals surface area contributed by atoms with E-state index >= 15 is 0 Å². The summed E-state index contributed by atoms with van der Waals surface area (Å²) in [7, 11) is 0. The van der Waals surface area contributed by atoms with Gasteiger partial charge in [-0.3, -0.25) is 0 Å². The third-order valence-electron chi connectivity index (χ3n) is 2.70. The standard InChI is InChI=1S/C10H19ClO/c1-2-7-12-9-10(8-11)5-3-4-6-10/h2-9H2,1H3. The second-order valence-electron chi connectivity index (χ2n) is 3.89. The lowest BCUT2D eigenvalue weighted by molar-refractivity contribution is 0.0586. The second kappa shape index (κ2) is 5.08. The Hall–Kier alpha value is 0.250. The van der Waals surface area contributed by atoms with Crippen LogP contribution in [0.15, 0.2) is 0 Å². The van der Waals surface area contributed by atoms with Crippen molar-refractivity contribution < 1.29 is 4.74 Å². The summed E-state index contributed by atoms with van der Waals surface area (Å²) in [5.41, 5.74) is 0.330. The van der Waals surface area contributed by atoms with Crippen LogP contribution < -0.4 is 0 Å². The molecule has 1 rings (SSSR count). The van der Waals surface area contributed by atoms with Gasteiger partial charge >= 0.3 is 0 Å². The average molecular weight is 191 g/mol. The lowest BCUT2D eigenvalue weighted by Gasteiger charge is -2.25. The van der Waals surface area contributed by atoms with Crippen molar-refractivity contribution in [3.05, 3.63) is 0 Å². The SMILES string of the molecule is CCCOCC1(CCl)CCCC1. The smallest absolute Gasteiger partial charge is 0.0533 e. The summed E-state index contributed by atoms with van der Waals surface area (Å²) in [6.07, 6.45) is 6.31. The van der Waals surface area contributed by atoms with E-state index in [2.05, 4.69) is 6.92 Å². The summed E-state index contributed by atoms with van der Waals surface area (Å²) in [5.74, 6) is 0.775. The summed E-state index contributed by atoms with van der Waals surface area (Å²) in [6.45, 7) is 3.91. The van der Waals surface area contributed by atoms with Crippen LogP contribution in [-0.2, 0) is 4.74 Å². The molecule has 2 heteroatoms. The number of rotatable bonds is 5. The molecule has 0 N–H and O–H groups in total. The lowest BCUT2D eigenvalue weighted by atomic mass is 9.90. The Morgan fingerprint density at radius 1 is 1.33 bits per heavy atom. The highest BCUT2D eigenvalue weighted by atomic mass is 35.5. The van der Waals surface area contributed by atoms with E-state index in [1.165, 1.54) is 25.7 Å². The van der Waals surface area contributed by atoms with E-state index in [1.807, 2.05) is 0 Å². The Bertz CT molecular complexity index is 119. The van der Waals surface area contributed by atoms with Crippen molar-refractivity contribution in [2.75, 3.05) is 19.1 Å². The zero-order chi connectivity index (χ0) is 8.86. The maximum absolute atomic E-state index is 5.96. The third kappa shape index (κ3) is 2.63. The molecule has 0 unspecified atom stereocenters. The Labute approximate surface area is 80.4 Å². The number of halogens is 1. The van der Waals surface area contributed by atoms with E-state index in [1.54, 1.807) is 0 Å². The van der Waals surface area contributed by atoms with Crippen molar-refractivity contribution in [1.82, 2.24) is 0 Å². The molecule has 0 bridgehead atoms. The molecule has 0 aliphatic heterocycles. The lowest BCUT2D eigenvalue weighted by Crippen LogP contribution is -2.25. The summed E-state index contributed by atoms with van der Waals surface area (Å²) < 4.78 is 5.58. The minimum Gasteiger partial charge on any atom is -0.381 e. The second-order valence-corrected chi connectivity index (χ2v) is 4.16. The average Bonchev–Trinajstić information content (AvgIpc) is 2.55. The zero-order valence-corrected chi connectivity index (χ0v) is 8.70. The highest BCUT2D eigenvalue weighted by Gasteiger charge is 2.32. The Balaban J connectivity index is 2.24. The minimum absolute atomic E-state index is 0.330. The largest absolute Gasteiger partial charge is 0.381 e. The van der Waals surface area contributed by atoms with Gasteiger partial charge in [0.05, 0.1) is 6.61 Å². The van der Waals surface area contributed by atoms with Gasteiger partial charge in [0.25, 0.3) is 0 Å². The summed E-state index contributed by atoms with van der Waals surface area (Å²) in [5, 5.41) is 0. The van der Waals surface area contributed by atoms with Crippen molar-refractivity contribution in [1.29, 1.82) is 0 Å². The normalized spacial score (nSPS) is 21.5. The van der Waals surface area contributed by atoms with Crippen molar-refractivity contribution in [3.63, 3.8) is 0 Å². The first-order valence-corrected chi connectivity index (χ1v) is 5.50. The monoisotopic (exact) mass is 190 g/mol. The third-order valence-corrected chi connectivity index (χ3v) is 3.27. The summed E-state index contributed by atoms with van der Waals surface area (Å²) in [6, 6.07) is 0. The molecule has 0 amide bonds. The molecule has 72 valence electrons. The van der Waals surface area contributed by atoms with E-state index in [-0.39, 0.29) is 0 Å². The fraction of sp³-hybridized carbons (Fsp3) is 1.00. The van der Waals surface area contributed by atoms with E-state index in [0.29, 0.717) is 5.41 Å². The number of hydrogen-bond acceptors (Lipinski definition) is 1. The van der Waals surface area contributed by atoms with Crippen LogP contribution in [0.3, 0.4) is 0 Å². The van der Waals surface area contributed by atoms with Gasteiger partial charge in [-0.15, -0.1) is 11.6 Å². The van der Waals surface area contributed by atoms with E-state index in [9.17, 15) is 0 Å². The molecule has 0 aromatic heterocycles. The highest BCUT2D eigenvalue weighted by molar-refractivity contribution is 6.18. The molecular weight excluding hydrogens is 172 g/mol. The highest BCUT2D eigenvalue weighted by Crippen LogP contribution is 2.39. The topological polar surface area (TPSA) is 9.23 Å². The van der Waals surface area contributed by atoms with Gasteiger partial charge in [0.2, 0.25) is 0 Å². The first-order valence-electron chi connectivity index (χ1n) is 4.97. The molecule has 12 heavy (non-hydrogen) atoms. The molecule has 1 aliphatic rings. The van der Waals surface area contributed by atoms with Crippen molar-refractivity contribution in [3.8, 4) is 0 Å². The van der Waals surface area contributed by atoms with Crippen molar-refractivity contribution in [2.24, 2.45) is 5.41 Å². The molecule has 1 nitrogen and oxygen atoms in total. The molecule has 0 spiro atoms. The summed E-state index contributed by atoms with van der Waals surface area (Å²) >= 11 is 5.96. The van der Waals surface area contributed by atoms with Crippen molar-refractivity contribution in [2.45, 2.75) is 39.0 Å². The van der Waals surface area contributed by atoms with Gasteiger partial charge in [0, 0.05) is 17.9 Å². The molecule has 0 heterocycles. The van der Waals surface area contributed by atoms with E-state index in [4.69, 9.17) is 16.3 Å². The molecule has 0 aromatic carbocycles. The quantitative estimate of drug-likeness (QED) is 0.478. The summed E-state index contributed by atoms with van der Waals surface area (Å²) in [4.78, 5) is 0. The fourth-order valence-corrected chi connectivity index (χ4v) is 2.22. The molecule has 1 aliphatic carbocycles. The maximum atomic E-state index is 5.96. The predicted molar refractivity (Wildman–Crippen MR) is 52.7 cm³/mol. The van der Waals surface area contributed by atoms with Crippen LogP contribution in [0.4, 0.5) is 0 Å². The molecule has 0 aromatic rings. The van der Waals surface area contributed by atoms with Crippen LogP contribution in [0.5, 0.6) is 0 Å². The first-order chi connectivity index (χ1) is 5.83. The number of alkyl halides is 1. The van der Waals surface area contributed by atoms with Gasteiger partial charge in [-0.25, -0.2) is 0 Å².